The van der Waals surface area contributed by atoms with E-state index in [-0.39, 0.29) is 6.54 Å². The Morgan fingerprint density at radius 3 is 2.52 bits per heavy atom. The lowest BCUT2D eigenvalue weighted by Crippen LogP contribution is -2.42. The number of rotatable bonds is 5. The van der Waals surface area contributed by atoms with Gasteiger partial charge in [-0.25, -0.2) is 0 Å². The fourth-order valence-corrected chi connectivity index (χ4v) is 3.40. The van der Waals surface area contributed by atoms with Crippen LogP contribution in [0, 0.1) is 18.8 Å². The summed E-state index contributed by atoms with van der Waals surface area (Å²) >= 11 is 0. The Labute approximate surface area is 128 Å². The van der Waals surface area contributed by atoms with Crippen molar-refractivity contribution in [1.82, 2.24) is 0 Å². The molecule has 1 aromatic rings. The third kappa shape index (κ3) is 4.23. The van der Waals surface area contributed by atoms with Gasteiger partial charge in [-0.05, 0) is 43.7 Å². The molecule has 1 N–H and O–H groups in total. The van der Waals surface area contributed by atoms with Gasteiger partial charge in [-0.1, -0.05) is 44.4 Å². The van der Waals surface area contributed by atoms with Crippen molar-refractivity contribution >= 4 is 11.7 Å². The van der Waals surface area contributed by atoms with Crippen LogP contribution < -0.4 is 4.90 Å². The van der Waals surface area contributed by atoms with Gasteiger partial charge in [0.2, 0.25) is 0 Å². The average molecular weight is 289 g/mol. The molecule has 116 valence electrons. The Hall–Kier alpha value is -1.51. The Bertz CT molecular complexity index is 467. The Kier molecular flexibility index (Phi) is 5.27. The number of benzene rings is 1. The first-order chi connectivity index (χ1) is 9.97. The number of carboxylic acids is 1. The fourth-order valence-electron chi connectivity index (χ4n) is 3.40. The molecule has 21 heavy (non-hydrogen) atoms. The molecule has 1 aliphatic carbocycles. The maximum absolute atomic E-state index is 11.3. The maximum atomic E-state index is 11.3. The van der Waals surface area contributed by atoms with E-state index in [1.54, 1.807) is 0 Å². The molecule has 0 radical (unpaired) electrons. The highest BCUT2D eigenvalue weighted by Crippen LogP contribution is 2.34. The fraction of sp³-hybridized carbons (Fsp3) is 0.611. The first kappa shape index (κ1) is 15.9. The highest BCUT2D eigenvalue weighted by atomic mass is 16.4. The van der Waals surface area contributed by atoms with Gasteiger partial charge in [0, 0.05) is 11.7 Å². The van der Waals surface area contributed by atoms with Gasteiger partial charge in [-0.2, -0.15) is 0 Å². The molecular weight excluding hydrogens is 262 g/mol. The predicted molar refractivity (Wildman–Crippen MR) is 86.7 cm³/mol. The first-order valence-corrected chi connectivity index (χ1v) is 8.02. The number of hydrogen-bond acceptors (Lipinski definition) is 2. The maximum Gasteiger partial charge on any atom is 0.323 e. The summed E-state index contributed by atoms with van der Waals surface area (Å²) in [6, 6.07) is 8.58. The second-order valence-electron chi connectivity index (χ2n) is 6.68. The van der Waals surface area contributed by atoms with Gasteiger partial charge < -0.3 is 10.0 Å². The quantitative estimate of drug-likeness (QED) is 0.887. The molecule has 0 heterocycles. The Morgan fingerprint density at radius 1 is 1.29 bits per heavy atom. The van der Waals surface area contributed by atoms with Crippen LogP contribution in [0.1, 0.15) is 45.1 Å². The highest BCUT2D eigenvalue weighted by molar-refractivity contribution is 5.74. The van der Waals surface area contributed by atoms with E-state index < -0.39 is 5.97 Å². The van der Waals surface area contributed by atoms with Crippen LogP contribution in [0.5, 0.6) is 0 Å². The summed E-state index contributed by atoms with van der Waals surface area (Å²) in [5.74, 6) is 0.644. The number of hydrogen-bond donors (Lipinski definition) is 1. The van der Waals surface area contributed by atoms with E-state index in [0.29, 0.717) is 17.9 Å². The van der Waals surface area contributed by atoms with Gasteiger partial charge in [-0.15, -0.1) is 0 Å². The molecule has 2 atom stereocenters. The highest BCUT2D eigenvalue weighted by Gasteiger charge is 2.29. The van der Waals surface area contributed by atoms with Gasteiger partial charge in [-0.3, -0.25) is 4.79 Å². The van der Waals surface area contributed by atoms with Crippen LogP contribution in [0.3, 0.4) is 0 Å². The molecule has 3 heteroatoms. The lowest BCUT2D eigenvalue weighted by molar-refractivity contribution is -0.135. The normalized spacial score (nSPS) is 22.3. The van der Waals surface area contributed by atoms with E-state index in [0.717, 1.165) is 18.5 Å². The second-order valence-corrected chi connectivity index (χ2v) is 6.68. The van der Waals surface area contributed by atoms with Gasteiger partial charge in [0.1, 0.15) is 6.54 Å². The summed E-state index contributed by atoms with van der Waals surface area (Å²) < 4.78 is 0. The van der Waals surface area contributed by atoms with E-state index in [4.69, 9.17) is 0 Å². The summed E-state index contributed by atoms with van der Waals surface area (Å²) in [6.45, 7) is 6.71. The minimum absolute atomic E-state index is 0.0958. The smallest absolute Gasteiger partial charge is 0.323 e. The molecule has 0 amide bonds. The predicted octanol–water partition coefficient (Wildman–Crippen LogP) is 4.10. The van der Waals surface area contributed by atoms with Crippen molar-refractivity contribution in [2.75, 3.05) is 11.4 Å². The average Bonchev–Trinajstić information content (AvgIpc) is 2.46. The van der Waals surface area contributed by atoms with Crippen molar-refractivity contribution in [3.8, 4) is 0 Å². The number of carboxylic acid groups (broad SMARTS) is 1. The van der Waals surface area contributed by atoms with Gasteiger partial charge in [0.05, 0.1) is 0 Å². The molecule has 2 rings (SSSR count). The molecule has 0 aromatic heterocycles. The molecule has 0 spiro atoms. The van der Waals surface area contributed by atoms with Crippen LogP contribution in [0.2, 0.25) is 0 Å². The van der Waals surface area contributed by atoms with Crippen molar-refractivity contribution in [3.63, 3.8) is 0 Å². The lowest BCUT2D eigenvalue weighted by Gasteiger charge is -2.39. The molecule has 0 bridgehead atoms. The minimum atomic E-state index is -0.748. The topological polar surface area (TPSA) is 40.5 Å². The van der Waals surface area contributed by atoms with Crippen molar-refractivity contribution < 1.29 is 9.90 Å². The monoisotopic (exact) mass is 289 g/mol. The van der Waals surface area contributed by atoms with Gasteiger partial charge in [0.25, 0.3) is 0 Å². The Balaban J connectivity index is 2.19. The van der Waals surface area contributed by atoms with Crippen LogP contribution in [-0.4, -0.2) is 23.7 Å². The number of carbonyl (C=O) groups is 1. The molecule has 2 unspecified atom stereocenters. The number of aryl methyl sites for hydroxylation is 1. The van der Waals surface area contributed by atoms with E-state index in [2.05, 4.69) is 49.9 Å². The molecule has 1 saturated carbocycles. The zero-order valence-corrected chi connectivity index (χ0v) is 13.4. The van der Waals surface area contributed by atoms with Crippen LogP contribution in [0.15, 0.2) is 24.3 Å². The second kappa shape index (κ2) is 6.97. The summed E-state index contributed by atoms with van der Waals surface area (Å²) in [5, 5.41) is 9.26. The van der Waals surface area contributed by atoms with Crippen molar-refractivity contribution in [1.29, 1.82) is 0 Å². The molecule has 1 aromatic carbocycles. The van der Waals surface area contributed by atoms with Crippen molar-refractivity contribution in [3.05, 3.63) is 29.8 Å². The zero-order valence-electron chi connectivity index (χ0n) is 13.4. The van der Waals surface area contributed by atoms with Crippen LogP contribution in [0.25, 0.3) is 0 Å². The molecule has 1 aliphatic rings. The first-order valence-electron chi connectivity index (χ1n) is 8.02. The van der Waals surface area contributed by atoms with Crippen LogP contribution >= 0.6 is 0 Å². The lowest BCUT2D eigenvalue weighted by atomic mass is 9.78. The van der Waals surface area contributed by atoms with Crippen LogP contribution in [0.4, 0.5) is 5.69 Å². The Morgan fingerprint density at radius 2 is 1.95 bits per heavy atom. The van der Waals surface area contributed by atoms with Gasteiger partial charge in [0.15, 0.2) is 0 Å². The third-order valence-corrected chi connectivity index (χ3v) is 4.74. The van der Waals surface area contributed by atoms with E-state index in [1.807, 2.05) is 0 Å². The van der Waals surface area contributed by atoms with Crippen molar-refractivity contribution in [2.24, 2.45) is 11.8 Å². The third-order valence-electron chi connectivity index (χ3n) is 4.74. The van der Waals surface area contributed by atoms with Crippen molar-refractivity contribution in [2.45, 2.75) is 52.5 Å². The number of nitrogens with zero attached hydrogens (tertiary/aromatic N) is 1. The van der Waals surface area contributed by atoms with Gasteiger partial charge >= 0.3 is 5.97 Å². The van der Waals surface area contributed by atoms with E-state index in [1.165, 1.54) is 18.4 Å². The number of anilines is 1. The summed E-state index contributed by atoms with van der Waals surface area (Å²) in [6.07, 6.45) is 4.70. The van der Waals surface area contributed by atoms with E-state index >= 15 is 0 Å². The number of aliphatic carboxylic acids is 1. The molecule has 1 fully saturated rings. The minimum Gasteiger partial charge on any atom is -0.480 e. The van der Waals surface area contributed by atoms with Crippen LogP contribution in [-0.2, 0) is 4.79 Å². The summed E-state index contributed by atoms with van der Waals surface area (Å²) in [7, 11) is 0. The SMILES string of the molecule is Cc1ccc(N(CC(=O)O)C2CCCC(C(C)C)C2)cc1. The molecule has 0 saturated heterocycles. The summed E-state index contributed by atoms with van der Waals surface area (Å²) in [4.78, 5) is 13.4. The molecular formula is C18H27NO2. The molecule has 3 nitrogen and oxygen atoms in total. The summed E-state index contributed by atoms with van der Waals surface area (Å²) in [5.41, 5.74) is 2.25. The molecule has 0 aliphatic heterocycles. The standard InChI is InChI=1S/C18H27NO2/c1-13(2)15-5-4-6-17(11-15)19(12-18(20)21)16-9-7-14(3)8-10-16/h7-10,13,15,17H,4-6,11-12H2,1-3H3,(H,20,21). The largest absolute Gasteiger partial charge is 0.480 e. The van der Waals surface area contributed by atoms with E-state index in [9.17, 15) is 9.90 Å². The zero-order chi connectivity index (χ0) is 15.4.